The van der Waals surface area contributed by atoms with Crippen molar-refractivity contribution in [1.29, 1.82) is 0 Å². The molecule has 1 aromatic carbocycles. The van der Waals surface area contributed by atoms with E-state index in [0.29, 0.717) is 43.4 Å². The largest absolute Gasteiger partial charge is 0.486 e. The summed E-state index contributed by atoms with van der Waals surface area (Å²) in [6.07, 6.45) is 4.73. The third-order valence-electron chi connectivity index (χ3n) is 5.75. The van der Waals surface area contributed by atoms with E-state index in [1.807, 2.05) is 23.1 Å². The van der Waals surface area contributed by atoms with Gasteiger partial charge in [0.15, 0.2) is 11.5 Å². The molecule has 6 nitrogen and oxygen atoms in total. The number of para-hydroxylation sites is 1. The molecule has 1 saturated carbocycles. The monoisotopic (exact) mass is 359 g/mol. The van der Waals surface area contributed by atoms with Gasteiger partial charge >= 0.3 is 0 Å². The van der Waals surface area contributed by atoms with Crippen molar-refractivity contribution >= 4 is 5.91 Å². The number of hydrogen-bond donors (Lipinski definition) is 0. The zero-order chi connectivity index (χ0) is 17.6. The minimum absolute atomic E-state index is 0.0115. The molecular formula is C20H25NO5. The standard InChI is InChI=1S/C20H25NO5/c22-19(16-2-1-3-17-18(16)24-9-8-23-17)21-12-20(13-21)10-15(6-7-26-20)25-11-14-4-5-14/h1-3,14-15H,4-13H2. The van der Waals surface area contributed by atoms with Crippen LogP contribution in [0.4, 0.5) is 0 Å². The van der Waals surface area contributed by atoms with Crippen LogP contribution in [0, 0.1) is 5.92 Å². The Morgan fingerprint density at radius 2 is 2.00 bits per heavy atom. The van der Waals surface area contributed by atoms with Gasteiger partial charge in [-0.3, -0.25) is 4.79 Å². The molecule has 140 valence electrons. The van der Waals surface area contributed by atoms with Gasteiger partial charge < -0.3 is 23.8 Å². The van der Waals surface area contributed by atoms with E-state index in [-0.39, 0.29) is 17.6 Å². The Bertz CT molecular complexity index is 695. The molecule has 3 fully saturated rings. The molecule has 0 aromatic heterocycles. The van der Waals surface area contributed by atoms with Gasteiger partial charge in [0.05, 0.1) is 24.8 Å². The van der Waals surface area contributed by atoms with Crippen LogP contribution in [0.1, 0.15) is 36.0 Å². The first-order chi connectivity index (χ1) is 12.7. The lowest BCUT2D eigenvalue weighted by atomic mass is 9.84. The van der Waals surface area contributed by atoms with Crippen molar-refractivity contribution < 1.29 is 23.7 Å². The van der Waals surface area contributed by atoms with Crippen molar-refractivity contribution in [3.05, 3.63) is 23.8 Å². The molecule has 0 radical (unpaired) electrons. The Labute approximate surface area is 153 Å². The summed E-state index contributed by atoms with van der Waals surface area (Å²) < 4.78 is 23.4. The first-order valence-electron chi connectivity index (χ1n) is 9.66. The molecule has 3 heterocycles. The van der Waals surface area contributed by atoms with Crippen LogP contribution in [0.15, 0.2) is 18.2 Å². The second-order valence-electron chi connectivity index (χ2n) is 7.91. The van der Waals surface area contributed by atoms with Crippen LogP contribution in [0.25, 0.3) is 0 Å². The molecule has 26 heavy (non-hydrogen) atoms. The van der Waals surface area contributed by atoms with E-state index in [1.165, 1.54) is 12.8 Å². The third kappa shape index (κ3) is 3.05. The summed E-state index contributed by atoms with van der Waals surface area (Å²) in [6, 6.07) is 5.49. The van der Waals surface area contributed by atoms with Crippen LogP contribution >= 0.6 is 0 Å². The minimum atomic E-state index is -0.228. The number of likely N-dealkylation sites (tertiary alicyclic amines) is 1. The molecule has 1 spiro atoms. The van der Waals surface area contributed by atoms with E-state index in [0.717, 1.165) is 32.0 Å². The van der Waals surface area contributed by atoms with Gasteiger partial charge in [0.1, 0.15) is 18.8 Å². The zero-order valence-corrected chi connectivity index (χ0v) is 14.9. The highest BCUT2D eigenvalue weighted by molar-refractivity contribution is 5.98. The molecule has 4 aliphatic rings. The molecule has 0 N–H and O–H groups in total. The van der Waals surface area contributed by atoms with Crippen molar-refractivity contribution in [3.8, 4) is 11.5 Å². The summed E-state index contributed by atoms with van der Waals surface area (Å²) in [6.45, 7) is 3.85. The summed E-state index contributed by atoms with van der Waals surface area (Å²) in [5, 5.41) is 0. The van der Waals surface area contributed by atoms with Gasteiger partial charge in [-0.1, -0.05) is 6.07 Å². The van der Waals surface area contributed by atoms with Crippen molar-refractivity contribution in [2.45, 2.75) is 37.4 Å². The van der Waals surface area contributed by atoms with Crippen molar-refractivity contribution in [2.24, 2.45) is 5.92 Å². The fraction of sp³-hybridized carbons (Fsp3) is 0.650. The maximum absolute atomic E-state index is 12.9. The molecule has 1 unspecified atom stereocenters. The normalized spacial score (nSPS) is 26.5. The minimum Gasteiger partial charge on any atom is -0.486 e. The van der Waals surface area contributed by atoms with Gasteiger partial charge in [-0.05, 0) is 37.3 Å². The van der Waals surface area contributed by atoms with Gasteiger partial charge in [0.2, 0.25) is 0 Å². The molecular weight excluding hydrogens is 334 g/mol. The molecule has 0 bridgehead atoms. The van der Waals surface area contributed by atoms with E-state index in [1.54, 1.807) is 0 Å². The lowest BCUT2D eigenvalue weighted by Crippen LogP contribution is -2.67. The fourth-order valence-electron chi connectivity index (χ4n) is 4.11. The highest BCUT2D eigenvalue weighted by Gasteiger charge is 2.50. The second kappa shape index (κ2) is 6.43. The Morgan fingerprint density at radius 3 is 2.85 bits per heavy atom. The number of carbonyl (C=O) groups is 1. The van der Waals surface area contributed by atoms with Crippen LogP contribution in [-0.4, -0.2) is 62.0 Å². The Morgan fingerprint density at radius 1 is 1.15 bits per heavy atom. The fourth-order valence-corrected chi connectivity index (χ4v) is 4.11. The average Bonchev–Trinajstić information content (AvgIpc) is 3.48. The van der Waals surface area contributed by atoms with Crippen LogP contribution in [0.5, 0.6) is 11.5 Å². The van der Waals surface area contributed by atoms with Crippen LogP contribution in [0.3, 0.4) is 0 Å². The van der Waals surface area contributed by atoms with E-state index < -0.39 is 0 Å². The van der Waals surface area contributed by atoms with Gasteiger partial charge in [-0.2, -0.15) is 0 Å². The maximum atomic E-state index is 12.9. The molecule has 5 rings (SSSR count). The predicted octanol–water partition coefficient (Wildman–Crippen LogP) is 2.26. The van der Waals surface area contributed by atoms with Gasteiger partial charge in [0.25, 0.3) is 5.91 Å². The zero-order valence-electron chi connectivity index (χ0n) is 14.9. The molecule has 2 saturated heterocycles. The quantitative estimate of drug-likeness (QED) is 0.825. The molecule has 6 heteroatoms. The summed E-state index contributed by atoms with van der Waals surface area (Å²) in [4.78, 5) is 14.8. The van der Waals surface area contributed by atoms with Gasteiger partial charge in [-0.15, -0.1) is 0 Å². The molecule has 3 aliphatic heterocycles. The summed E-state index contributed by atoms with van der Waals surface area (Å²) >= 11 is 0. The number of ether oxygens (including phenoxy) is 4. The Hall–Kier alpha value is -1.79. The number of amides is 1. The Kier molecular flexibility index (Phi) is 4.05. The molecule has 1 aliphatic carbocycles. The summed E-state index contributed by atoms with van der Waals surface area (Å²) in [5.41, 5.74) is 0.350. The number of benzene rings is 1. The first-order valence-corrected chi connectivity index (χ1v) is 9.66. The predicted molar refractivity (Wildman–Crippen MR) is 93.7 cm³/mol. The molecule has 1 aromatic rings. The smallest absolute Gasteiger partial charge is 0.257 e. The lowest BCUT2D eigenvalue weighted by Gasteiger charge is -2.53. The highest BCUT2D eigenvalue weighted by Crippen LogP contribution is 2.40. The topological polar surface area (TPSA) is 57.2 Å². The number of carbonyl (C=O) groups excluding carboxylic acids is 1. The number of hydrogen-bond acceptors (Lipinski definition) is 5. The van der Waals surface area contributed by atoms with Crippen LogP contribution in [-0.2, 0) is 9.47 Å². The average molecular weight is 359 g/mol. The van der Waals surface area contributed by atoms with Crippen molar-refractivity contribution in [1.82, 2.24) is 4.90 Å². The van der Waals surface area contributed by atoms with Crippen molar-refractivity contribution in [3.63, 3.8) is 0 Å². The highest BCUT2D eigenvalue weighted by atomic mass is 16.6. The number of fused-ring (bicyclic) bond motifs is 1. The maximum Gasteiger partial charge on any atom is 0.257 e. The molecule has 1 atom stereocenters. The van der Waals surface area contributed by atoms with Crippen molar-refractivity contribution in [2.75, 3.05) is 39.5 Å². The lowest BCUT2D eigenvalue weighted by molar-refractivity contribution is -0.186. The van der Waals surface area contributed by atoms with E-state index >= 15 is 0 Å². The van der Waals surface area contributed by atoms with Crippen LogP contribution in [0.2, 0.25) is 0 Å². The SMILES string of the molecule is O=C(c1cccc2c1OCCO2)N1CC2(CC(OCC3CC3)CCO2)C1. The number of rotatable bonds is 4. The summed E-state index contributed by atoms with van der Waals surface area (Å²) in [7, 11) is 0. The van der Waals surface area contributed by atoms with E-state index in [4.69, 9.17) is 18.9 Å². The Balaban J connectivity index is 1.22. The number of nitrogens with zero attached hydrogens (tertiary/aromatic N) is 1. The van der Waals surface area contributed by atoms with Gasteiger partial charge in [-0.25, -0.2) is 0 Å². The second-order valence-corrected chi connectivity index (χ2v) is 7.91. The van der Waals surface area contributed by atoms with E-state index in [2.05, 4.69) is 0 Å². The molecule has 1 amide bonds. The van der Waals surface area contributed by atoms with E-state index in [9.17, 15) is 4.79 Å². The van der Waals surface area contributed by atoms with Gasteiger partial charge in [0, 0.05) is 19.6 Å². The van der Waals surface area contributed by atoms with Crippen LogP contribution < -0.4 is 9.47 Å². The summed E-state index contributed by atoms with van der Waals surface area (Å²) in [5.74, 6) is 1.99. The first kappa shape index (κ1) is 16.4. The third-order valence-corrected chi connectivity index (χ3v) is 5.75.